The van der Waals surface area contributed by atoms with E-state index in [-0.39, 0.29) is 5.91 Å². The maximum Gasteiger partial charge on any atom is 0.257 e. The van der Waals surface area contributed by atoms with Gasteiger partial charge in [-0.15, -0.1) is 0 Å². The Morgan fingerprint density at radius 1 is 1.16 bits per heavy atom. The molecule has 0 radical (unpaired) electrons. The van der Waals surface area contributed by atoms with Crippen LogP contribution in [0.25, 0.3) is 0 Å². The number of piperazine rings is 1. The standard InChI is InChI=1S/C18H22N4O3/c1-13-15(11-20(2)19-13)18(23)22-7-5-21(6-8-22)10-14-3-4-16-17(9-14)25-12-24-16/h3-4,9,11H,5-8,10,12H2,1-2H3. The molecule has 2 aromatic rings. The average Bonchev–Trinajstić information content (AvgIpc) is 3.20. The van der Waals surface area contributed by atoms with E-state index in [2.05, 4.69) is 16.1 Å². The topological polar surface area (TPSA) is 59.8 Å². The fraction of sp³-hybridized carbons (Fsp3) is 0.444. The van der Waals surface area contributed by atoms with Crippen LogP contribution in [-0.2, 0) is 13.6 Å². The van der Waals surface area contributed by atoms with Gasteiger partial charge in [0.1, 0.15) is 0 Å². The third kappa shape index (κ3) is 3.19. The number of hydrogen-bond donors (Lipinski definition) is 0. The van der Waals surface area contributed by atoms with Gasteiger partial charge in [-0.25, -0.2) is 0 Å². The first-order valence-electron chi connectivity index (χ1n) is 8.50. The average molecular weight is 342 g/mol. The van der Waals surface area contributed by atoms with E-state index < -0.39 is 0 Å². The highest BCUT2D eigenvalue weighted by atomic mass is 16.7. The van der Waals surface area contributed by atoms with Gasteiger partial charge in [0.05, 0.1) is 11.3 Å². The predicted octanol–water partition coefficient (Wildman–Crippen LogP) is 1.42. The van der Waals surface area contributed by atoms with Gasteiger partial charge in [0.15, 0.2) is 11.5 Å². The molecule has 1 aromatic heterocycles. The highest BCUT2D eigenvalue weighted by Crippen LogP contribution is 2.32. The molecular formula is C18H22N4O3. The molecule has 7 heteroatoms. The lowest BCUT2D eigenvalue weighted by Gasteiger charge is -2.34. The van der Waals surface area contributed by atoms with Crippen molar-refractivity contribution in [3.63, 3.8) is 0 Å². The maximum atomic E-state index is 12.7. The summed E-state index contributed by atoms with van der Waals surface area (Å²) < 4.78 is 12.5. The van der Waals surface area contributed by atoms with Gasteiger partial charge in [-0.3, -0.25) is 14.4 Å². The van der Waals surface area contributed by atoms with E-state index >= 15 is 0 Å². The van der Waals surface area contributed by atoms with Gasteiger partial charge in [-0.05, 0) is 24.6 Å². The molecule has 1 fully saturated rings. The van der Waals surface area contributed by atoms with E-state index in [1.54, 1.807) is 10.9 Å². The Balaban J connectivity index is 1.35. The van der Waals surface area contributed by atoms with Crippen molar-refractivity contribution in [2.45, 2.75) is 13.5 Å². The Morgan fingerprint density at radius 2 is 1.92 bits per heavy atom. The van der Waals surface area contributed by atoms with Crippen molar-refractivity contribution >= 4 is 5.91 Å². The molecule has 1 amide bonds. The molecule has 0 N–H and O–H groups in total. The summed E-state index contributed by atoms with van der Waals surface area (Å²) >= 11 is 0. The van der Waals surface area contributed by atoms with Gasteiger partial charge in [-0.2, -0.15) is 5.10 Å². The van der Waals surface area contributed by atoms with Crippen LogP contribution in [0.2, 0.25) is 0 Å². The molecule has 1 saturated heterocycles. The van der Waals surface area contributed by atoms with Crippen molar-refractivity contribution < 1.29 is 14.3 Å². The first kappa shape index (κ1) is 16.0. The summed E-state index contributed by atoms with van der Waals surface area (Å²) in [7, 11) is 1.84. The number of aromatic nitrogens is 2. The lowest BCUT2D eigenvalue weighted by atomic mass is 10.1. The Kier molecular flexibility index (Phi) is 4.09. The second-order valence-electron chi connectivity index (χ2n) is 6.56. The zero-order valence-electron chi connectivity index (χ0n) is 14.6. The zero-order chi connectivity index (χ0) is 17.4. The second kappa shape index (κ2) is 6.40. The molecule has 3 heterocycles. The summed E-state index contributed by atoms with van der Waals surface area (Å²) in [6.45, 7) is 6.22. The normalized spacial score (nSPS) is 17.1. The molecule has 2 aliphatic rings. The highest BCUT2D eigenvalue weighted by molar-refractivity contribution is 5.95. The largest absolute Gasteiger partial charge is 0.454 e. The summed E-state index contributed by atoms with van der Waals surface area (Å²) in [6.07, 6.45) is 1.80. The molecule has 4 rings (SSSR count). The van der Waals surface area contributed by atoms with E-state index in [1.165, 1.54) is 5.56 Å². The molecule has 0 unspecified atom stereocenters. The number of rotatable bonds is 3. The fourth-order valence-corrected chi connectivity index (χ4v) is 3.39. The van der Waals surface area contributed by atoms with E-state index in [9.17, 15) is 4.79 Å². The minimum Gasteiger partial charge on any atom is -0.454 e. The van der Waals surface area contributed by atoms with Gasteiger partial charge in [0.2, 0.25) is 6.79 Å². The van der Waals surface area contributed by atoms with Crippen molar-refractivity contribution in [2.24, 2.45) is 7.05 Å². The molecule has 0 bridgehead atoms. The van der Waals surface area contributed by atoms with E-state index in [4.69, 9.17) is 9.47 Å². The first-order valence-corrected chi connectivity index (χ1v) is 8.50. The molecule has 7 nitrogen and oxygen atoms in total. The lowest BCUT2D eigenvalue weighted by Crippen LogP contribution is -2.48. The quantitative estimate of drug-likeness (QED) is 0.844. The fourth-order valence-electron chi connectivity index (χ4n) is 3.39. The minimum atomic E-state index is 0.0772. The molecule has 0 spiro atoms. The Morgan fingerprint density at radius 3 is 2.64 bits per heavy atom. The Labute approximate surface area is 146 Å². The van der Waals surface area contributed by atoms with Crippen LogP contribution in [0.1, 0.15) is 21.6 Å². The highest BCUT2D eigenvalue weighted by Gasteiger charge is 2.24. The molecule has 132 valence electrons. The van der Waals surface area contributed by atoms with Crippen molar-refractivity contribution in [1.29, 1.82) is 0 Å². The predicted molar refractivity (Wildman–Crippen MR) is 91.7 cm³/mol. The van der Waals surface area contributed by atoms with Crippen LogP contribution in [0.15, 0.2) is 24.4 Å². The van der Waals surface area contributed by atoms with Crippen LogP contribution in [-0.4, -0.2) is 58.5 Å². The molecule has 25 heavy (non-hydrogen) atoms. The number of amides is 1. The number of aryl methyl sites for hydroxylation is 2. The molecule has 1 aromatic carbocycles. The van der Waals surface area contributed by atoms with Crippen LogP contribution < -0.4 is 9.47 Å². The van der Waals surface area contributed by atoms with E-state index in [1.807, 2.05) is 31.0 Å². The third-order valence-corrected chi connectivity index (χ3v) is 4.75. The maximum absolute atomic E-state index is 12.7. The lowest BCUT2D eigenvalue weighted by molar-refractivity contribution is 0.0627. The summed E-state index contributed by atoms with van der Waals surface area (Å²) in [5.41, 5.74) is 2.69. The van der Waals surface area contributed by atoms with Crippen LogP contribution >= 0.6 is 0 Å². The molecule has 0 saturated carbocycles. The van der Waals surface area contributed by atoms with Gasteiger partial charge in [0, 0.05) is 46.0 Å². The van der Waals surface area contributed by atoms with Gasteiger partial charge in [0.25, 0.3) is 5.91 Å². The monoisotopic (exact) mass is 342 g/mol. The first-order chi connectivity index (χ1) is 12.1. The zero-order valence-corrected chi connectivity index (χ0v) is 14.6. The summed E-state index contributed by atoms with van der Waals surface area (Å²) in [5.74, 6) is 1.71. The van der Waals surface area contributed by atoms with Crippen LogP contribution in [0, 0.1) is 6.92 Å². The molecular weight excluding hydrogens is 320 g/mol. The van der Waals surface area contributed by atoms with Gasteiger partial charge in [-0.1, -0.05) is 6.07 Å². The van der Waals surface area contributed by atoms with Crippen LogP contribution in [0.4, 0.5) is 0 Å². The van der Waals surface area contributed by atoms with Crippen molar-refractivity contribution in [3.8, 4) is 11.5 Å². The number of carbonyl (C=O) groups excluding carboxylic acids is 1. The van der Waals surface area contributed by atoms with E-state index in [0.29, 0.717) is 12.4 Å². The number of benzene rings is 1. The van der Waals surface area contributed by atoms with Gasteiger partial charge >= 0.3 is 0 Å². The molecule has 0 atom stereocenters. The Hall–Kier alpha value is -2.54. The minimum absolute atomic E-state index is 0.0772. The second-order valence-corrected chi connectivity index (χ2v) is 6.56. The van der Waals surface area contributed by atoms with Crippen LogP contribution in [0.5, 0.6) is 11.5 Å². The Bertz CT molecular complexity index is 794. The summed E-state index contributed by atoms with van der Waals surface area (Å²) in [5, 5.41) is 4.26. The van der Waals surface area contributed by atoms with Crippen molar-refractivity contribution in [2.75, 3.05) is 33.0 Å². The van der Waals surface area contributed by atoms with Crippen molar-refractivity contribution in [1.82, 2.24) is 19.6 Å². The van der Waals surface area contributed by atoms with Crippen molar-refractivity contribution in [3.05, 3.63) is 41.2 Å². The summed E-state index contributed by atoms with van der Waals surface area (Å²) in [6, 6.07) is 6.07. The van der Waals surface area contributed by atoms with Crippen LogP contribution in [0.3, 0.4) is 0 Å². The third-order valence-electron chi connectivity index (χ3n) is 4.75. The number of nitrogens with zero attached hydrogens (tertiary/aromatic N) is 4. The number of hydrogen-bond acceptors (Lipinski definition) is 5. The summed E-state index contributed by atoms with van der Waals surface area (Å²) in [4.78, 5) is 16.9. The number of fused-ring (bicyclic) bond motifs is 1. The smallest absolute Gasteiger partial charge is 0.257 e. The SMILES string of the molecule is Cc1nn(C)cc1C(=O)N1CCN(Cc2ccc3c(c2)OCO3)CC1. The molecule has 2 aliphatic heterocycles. The van der Waals surface area contributed by atoms with E-state index in [0.717, 1.165) is 49.9 Å². The van der Waals surface area contributed by atoms with Gasteiger partial charge < -0.3 is 14.4 Å². The number of carbonyl (C=O) groups is 1. The number of ether oxygens (including phenoxy) is 2. The molecule has 0 aliphatic carbocycles.